The van der Waals surface area contributed by atoms with Crippen LogP contribution in [0.3, 0.4) is 0 Å². The van der Waals surface area contributed by atoms with Gasteiger partial charge in [0, 0.05) is 24.4 Å². The van der Waals surface area contributed by atoms with Crippen LogP contribution in [-0.4, -0.2) is 17.9 Å². The number of benzene rings is 1. The van der Waals surface area contributed by atoms with Crippen molar-refractivity contribution in [3.63, 3.8) is 0 Å². The van der Waals surface area contributed by atoms with Crippen LogP contribution in [0.1, 0.15) is 41.3 Å². The van der Waals surface area contributed by atoms with Crippen LogP contribution in [0, 0.1) is 0 Å². The van der Waals surface area contributed by atoms with Gasteiger partial charge in [0.25, 0.3) is 0 Å². The summed E-state index contributed by atoms with van der Waals surface area (Å²) in [5, 5.41) is 0. The van der Waals surface area contributed by atoms with E-state index >= 15 is 0 Å². The molecule has 3 heteroatoms. The molecule has 0 spiro atoms. The Kier molecular flexibility index (Phi) is 4.51. The first-order valence-electron chi connectivity index (χ1n) is 6.72. The molecule has 0 saturated carbocycles. The first kappa shape index (κ1) is 14.3. The fraction of sp³-hybridized carbons (Fsp3) is 0.294. The summed E-state index contributed by atoms with van der Waals surface area (Å²) in [6.07, 6.45) is 3.68. The van der Waals surface area contributed by atoms with E-state index in [0.29, 0.717) is 17.9 Å². The van der Waals surface area contributed by atoms with Crippen molar-refractivity contribution < 1.29 is 9.53 Å². The number of methoxy groups -OCH3 is 1. The summed E-state index contributed by atoms with van der Waals surface area (Å²) in [6.45, 7) is 4.23. The van der Waals surface area contributed by atoms with Crippen LogP contribution in [0.4, 0.5) is 0 Å². The second kappa shape index (κ2) is 6.33. The van der Waals surface area contributed by atoms with E-state index in [4.69, 9.17) is 4.74 Å². The number of nitrogens with zero attached hydrogens (tertiary/aromatic N) is 1. The van der Waals surface area contributed by atoms with Crippen molar-refractivity contribution in [2.24, 2.45) is 0 Å². The zero-order valence-corrected chi connectivity index (χ0v) is 12.1. The minimum absolute atomic E-state index is 0.104. The van der Waals surface area contributed by atoms with Gasteiger partial charge in [-0.2, -0.15) is 0 Å². The van der Waals surface area contributed by atoms with Crippen LogP contribution in [0.5, 0.6) is 5.75 Å². The number of carbonyl (C=O) groups excluding carboxylic acids is 1. The standard InChI is InChI=1S/C17H19NO2/c1-12(2)15-10-13(4-5-17(15)20-3)11-16(19)14-6-8-18-9-7-14/h4-10,12H,11H2,1-3H3. The molecule has 0 atom stereocenters. The topological polar surface area (TPSA) is 39.2 Å². The third kappa shape index (κ3) is 3.23. The molecule has 0 fully saturated rings. The SMILES string of the molecule is COc1ccc(CC(=O)c2ccncc2)cc1C(C)C. The van der Waals surface area contributed by atoms with E-state index in [0.717, 1.165) is 16.9 Å². The van der Waals surface area contributed by atoms with Crippen molar-refractivity contribution in [3.8, 4) is 5.75 Å². The predicted molar refractivity (Wildman–Crippen MR) is 79.4 cm³/mol. The average Bonchev–Trinajstić information content (AvgIpc) is 2.48. The number of hydrogen-bond acceptors (Lipinski definition) is 3. The molecule has 0 amide bonds. The van der Waals surface area contributed by atoms with Crippen LogP contribution in [0.25, 0.3) is 0 Å². The molecule has 104 valence electrons. The van der Waals surface area contributed by atoms with Crippen molar-refractivity contribution in [1.82, 2.24) is 4.98 Å². The minimum Gasteiger partial charge on any atom is -0.496 e. The molecule has 0 saturated heterocycles. The van der Waals surface area contributed by atoms with Crippen molar-refractivity contribution in [2.75, 3.05) is 7.11 Å². The van der Waals surface area contributed by atoms with Gasteiger partial charge in [-0.25, -0.2) is 0 Å². The Morgan fingerprint density at radius 3 is 2.50 bits per heavy atom. The first-order valence-corrected chi connectivity index (χ1v) is 6.72. The monoisotopic (exact) mass is 269 g/mol. The van der Waals surface area contributed by atoms with Gasteiger partial charge in [0.2, 0.25) is 0 Å². The van der Waals surface area contributed by atoms with E-state index in [1.54, 1.807) is 31.6 Å². The Labute approximate surface area is 119 Å². The molecule has 0 aliphatic rings. The Balaban J connectivity index is 2.22. The normalized spacial score (nSPS) is 10.6. The Bertz CT molecular complexity index is 591. The maximum absolute atomic E-state index is 12.2. The molecular weight excluding hydrogens is 250 g/mol. The summed E-state index contributed by atoms with van der Waals surface area (Å²) >= 11 is 0. The lowest BCUT2D eigenvalue weighted by atomic mass is 9.96. The van der Waals surface area contributed by atoms with E-state index < -0.39 is 0 Å². The highest BCUT2D eigenvalue weighted by Crippen LogP contribution is 2.27. The number of Topliss-reactive ketones (excluding diaryl/α,β-unsaturated/α-hetero) is 1. The first-order chi connectivity index (χ1) is 9.61. The highest BCUT2D eigenvalue weighted by Gasteiger charge is 2.11. The van der Waals surface area contributed by atoms with Gasteiger partial charge in [-0.05, 0) is 35.2 Å². The summed E-state index contributed by atoms with van der Waals surface area (Å²) in [7, 11) is 1.67. The van der Waals surface area contributed by atoms with Gasteiger partial charge in [0.15, 0.2) is 5.78 Å². The number of carbonyl (C=O) groups is 1. The molecule has 0 bridgehead atoms. The molecule has 3 nitrogen and oxygen atoms in total. The van der Waals surface area contributed by atoms with Gasteiger partial charge in [0.1, 0.15) is 5.75 Å². The van der Waals surface area contributed by atoms with Gasteiger partial charge in [-0.3, -0.25) is 9.78 Å². The molecule has 1 aromatic carbocycles. The Morgan fingerprint density at radius 2 is 1.90 bits per heavy atom. The van der Waals surface area contributed by atoms with E-state index in [2.05, 4.69) is 24.9 Å². The molecule has 0 aliphatic carbocycles. The van der Waals surface area contributed by atoms with Crippen molar-refractivity contribution >= 4 is 5.78 Å². The van der Waals surface area contributed by atoms with Gasteiger partial charge >= 0.3 is 0 Å². The number of ether oxygens (including phenoxy) is 1. The highest BCUT2D eigenvalue weighted by molar-refractivity contribution is 5.97. The summed E-state index contributed by atoms with van der Waals surface area (Å²) < 4.78 is 5.36. The van der Waals surface area contributed by atoms with Gasteiger partial charge in [-0.1, -0.05) is 26.0 Å². The number of ketones is 1. The molecule has 0 radical (unpaired) electrons. The number of pyridine rings is 1. The quantitative estimate of drug-likeness (QED) is 0.778. The molecule has 1 heterocycles. The van der Waals surface area contributed by atoms with E-state index in [9.17, 15) is 4.79 Å². The van der Waals surface area contributed by atoms with Crippen LogP contribution in [-0.2, 0) is 6.42 Å². The lowest BCUT2D eigenvalue weighted by molar-refractivity contribution is 0.0993. The van der Waals surface area contributed by atoms with Crippen molar-refractivity contribution in [1.29, 1.82) is 0 Å². The Hall–Kier alpha value is -2.16. The van der Waals surface area contributed by atoms with Crippen molar-refractivity contribution in [2.45, 2.75) is 26.2 Å². The summed E-state index contributed by atoms with van der Waals surface area (Å²) in [5.41, 5.74) is 2.84. The summed E-state index contributed by atoms with van der Waals surface area (Å²) in [6, 6.07) is 9.43. The zero-order chi connectivity index (χ0) is 14.5. The molecule has 2 aromatic rings. The van der Waals surface area contributed by atoms with Gasteiger partial charge < -0.3 is 4.74 Å². The molecule has 0 unspecified atom stereocenters. The van der Waals surface area contributed by atoms with Gasteiger partial charge in [0.05, 0.1) is 7.11 Å². The van der Waals surface area contributed by atoms with Crippen LogP contribution >= 0.6 is 0 Å². The highest BCUT2D eigenvalue weighted by atomic mass is 16.5. The largest absolute Gasteiger partial charge is 0.496 e. The molecule has 20 heavy (non-hydrogen) atoms. The fourth-order valence-corrected chi connectivity index (χ4v) is 2.17. The zero-order valence-electron chi connectivity index (χ0n) is 12.1. The lowest BCUT2D eigenvalue weighted by Gasteiger charge is -2.13. The van der Waals surface area contributed by atoms with Crippen LogP contribution in [0.2, 0.25) is 0 Å². The van der Waals surface area contributed by atoms with E-state index in [1.165, 1.54) is 0 Å². The van der Waals surface area contributed by atoms with Gasteiger partial charge in [-0.15, -0.1) is 0 Å². The molecule has 0 aliphatic heterocycles. The number of rotatable bonds is 5. The summed E-state index contributed by atoms with van der Waals surface area (Å²) in [4.78, 5) is 16.1. The minimum atomic E-state index is 0.104. The van der Waals surface area contributed by atoms with E-state index in [1.807, 2.05) is 12.1 Å². The van der Waals surface area contributed by atoms with E-state index in [-0.39, 0.29) is 5.78 Å². The average molecular weight is 269 g/mol. The second-order valence-corrected chi connectivity index (χ2v) is 5.07. The second-order valence-electron chi connectivity index (χ2n) is 5.07. The maximum Gasteiger partial charge on any atom is 0.167 e. The molecular formula is C17H19NO2. The van der Waals surface area contributed by atoms with Crippen LogP contribution in [0.15, 0.2) is 42.7 Å². The number of aromatic nitrogens is 1. The molecule has 1 aromatic heterocycles. The lowest BCUT2D eigenvalue weighted by Crippen LogP contribution is -2.05. The number of hydrogen-bond donors (Lipinski definition) is 0. The smallest absolute Gasteiger partial charge is 0.167 e. The Morgan fingerprint density at radius 1 is 1.20 bits per heavy atom. The van der Waals surface area contributed by atoms with Crippen LogP contribution < -0.4 is 4.74 Å². The molecule has 2 rings (SSSR count). The third-order valence-corrected chi connectivity index (χ3v) is 3.28. The third-order valence-electron chi connectivity index (χ3n) is 3.28. The summed E-state index contributed by atoms with van der Waals surface area (Å²) in [5.74, 6) is 1.34. The van der Waals surface area contributed by atoms with Crippen molar-refractivity contribution in [3.05, 3.63) is 59.4 Å². The predicted octanol–water partition coefficient (Wildman–Crippen LogP) is 3.64. The maximum atomic E-state index is 12.2. The molecule has 0 N–H and O–H groups in total. The fourth-order valence-electron chi connectivity index (χ4n) is 2.17.